The summed E-state index contributed by atoms with van der Waals surface area (Å²) in [4.78, 5) is 4.43. The van der Waals surface area contributed by atoms with Gasteiger partial charge in [-0.05, 0) is 36.8 Å². The van der Waals surface area contributed by atoms with Crippen LogP contribution in [0.3, 0.4) is 0 Å². The van der Waals surface area contributed by atoms with Crippen LogP contribution in [0.2, 0.25) is 0 Å². The van der Waals surface area contributed by atoms with Gasteiger partial charge in [-0.2, -0.15) is 4.98 Å². The number of thioether (sulfide) groups is 1. The molecule has 5 aromatic rings. The fourth-order valence-corrected chi connectivity index (χ4v) is 4.12. The highest BCUT2D eigenvalue weighted by Crippen LogP contribution is 2.36. The van der Waals surface area contributed by atoms with Crippen LogP contribution >= 0.6 is 11.8 Å². The van der Waals surface area contributed by atoms with E-state index >= 15 is 0 Å². The van der Waals surface area contributed by atoms with Gasteiger partial charge in [-0.1, -0.05) is 59.4 Å². The smallest absolute Gasteiger partial charge is 0.240 e. The zero-order valence-corrected chi connectivity index (χ0v) is 17.9. The Morgan fingerprint density at radius 1 is 1.00 bits per heavy atom. The van der Waals surface area contributed by atoms with Crippen molar-refractivity contribution in [3.05, 3.63) is 90.3 Å². The van der Waals surface area contributed by atoms with Gasteiger partial charge >= 0.3 is 0 Å². The molecule has 9 heteroatoms. The highest BCUT2D eigenvalue weighted by atomic mass is 32.2. The van der Waals surface area contributed by atoms with Crippen molar-refractivity contribution in [2.24, 2.45) is 0 Å². The van der Waals surface area contributed by atoms with Crippen molar-refractivity contribution >= 4 is 11.8 Å². The molecule has 1 atom stereocenters. The first-order valence-corrected chi connectivity index (χ1v) is 10.8. The second kappa shape index (κ2) is 8.80. The highest BCUT2D eigenvalue weighted by molar-refractivity contribution is 7.99. The minimum absolute atomic E-state index is 0.210. The lowest BCUT2D eigenvalue weighted by Crippen LogP contribution is -2.05. The largest absolute Gasteiger partial charge is 0.461 e. The molecule has 0 aliphatic rings. The third kappa shape index (κ3) is 4.06. The molecule has 0 saturated heterocycles. The molecule has 0 fully saturated rings. The summed E-state index contributed by atoms with van der Waals surface area (Å²) in [6.07, 6.45) is 1.56. The van der Waals surface area contributed by atoms with Gasteiger partial charge in [0.25, 0.3) is 0 Å². The maximum absolute atomic E-state index is 14.5. The van der Waals surface area contributed by atoms with Gasteiger partial charge in [0.05, 0.1) is 23.6 Å². The molecule has 0 bridgehead atoms. The summed E-state index contributed by atoms with van der Waals surface area (Å²) < 4.78 is 27.2. The van der Waals surface area contributed by atoms with Crippen LogP contribution in [0.15, 0.2) is 87.1 Å². The first kappa shape index (κ1) is 20.2. The third-order valence-electron chi connectivity index (χ3n) is 4.83. The maximum atomic E-state index is 14.5. The van der Waals surface area contributed by atoms with Crippen molar-refractivity contribution in [3.8, 4) is 23.0 Å². The molecule has 7 nitrogen and oxygen atoms in total. The topological polar surface area (TPSA) is 82.8 Å². The lowest BCUT2D eigenvalue weighted by molar-refractivity contribution is 0.379. The number of nitrogens with zero attached hydrogens (tertiary/aromatic N) is 5. The van der Waals surface area contributed by atoms with E-state index in [1.807, 2.05) is 41.8 Å². The molecule has 0 spiro atoms. The Bertz CT molecular complexity index is 1320. The quantitative estimate of drug-likeness (QED) is 0.299. The number of halogens is 1. The van der Waals surface area contributed by atoms with Crippen LogP contribution in [-0.4, -0.2) is 24.9 Å². The summed E-state index contributed by atoms with van der Waals surface area (Å²) in [5.74, 6) is 1.46. The lowest BCUT2D eigenvalue weighted by Gasteiger charge is -2.12. The Morgan fingerprint density at radius 2 is 1.81 bits per heavy atom. The van der Waals surface area contributed by atoms with Crippen LogP contribution in [0.4, 0.5) is 4.39 Å². The fraction of sp³-hybridized carbons (Fsp3) is 0.130. The molecule has 3 heterocycles. The predicted octanol–water partition coefficient (Wildman–Crippen LogP) is 5.63. The van der Waals surface area contributed by atoms with Crippen molar-refractivity contribution in [2.45, 2.75) is 23.9 Å². The van der Waals surface area contributed by atoms with Crippen LogP contribution < -0.4 is 0 Å². The number of hydrogen-bond donors (Lipinski definition) is 0. The van der Waals surface area contributed by atoms with E-state index in [1.54, 1.807) is 36.6 Å². The van der Waals surface area contributed by atoms with E-state index in [1.165, 1.54) is 17.8 Å². The first-order valence-electron chi connectivity index (χ1n) is 9.95. The number of aromatic nitrogens is 5. The van der Waals surface area contributed by atoms with E-state index in [0.29, 0.717) is 40.6 Å². The zero-order valence-electron chi connectivity index (χ0n) is 17.1. The molecule has 2 aromatic carbocycles. The van der Waals surface area contributed by atoms with Gasteiger partial charge in [-0.25, -0.2) is 4.39 Å². The zero-order chi connectivity index (χ0) is 21.9. The Labute approximate surface area is 187 Å². The van der Waals surface area contributed by atoms with Crippen molar-refractivity contribution in [1.82, 2.24) is 24.9 Å². The molecule has 0 N–H and O–H groups in total. The van der Waals surface area contributed by atoms with Gasteiger partial charge < -0.3 is 8.94 Å². The number of furan rings is 1. The predicted molar refractivity (Wildman–Crippen MR) is 117 cm³/mol. The summed E-state index contributed by atoms with van der Waals surface area (Å²) in [7, 11) is 0. The third-order valence-corrected chi connectivity index (χ3v) is 5.90. The van der Waals surface area contributed by atoms with E-state index in [2.05, 4.69) is 20.3 Å². The van der Waals surface area contributed by atoms with Crippen LogP contribution in [0.25, 0.3) is 23.0 Å². The van der Waals surface area contributed by atoms with Crippen molar-refractivity contribution < 1.29 is 13.3 Å². The van der Waals surface area contributed by atoms with Gasteiger partial charge in [-0.3, -0.25) is 4.57 Å². The van der Waals surface area contributed by atoms with Gasteiger partial charge in [0, 0.05) is 0 Å². The summed E-state index contributed by atoms with van der Waals surface area (Å²) in [5, 5.41) is 13.1. The maximum Gasteiger partial charge on any atom is 0.240 e. The van der Waals surface area contributed by atoms with E-state index in [-0.39, 0.29) is 11.1 Å². The second-order valence-corrected chi connectivity index (χ2v) is 8.36. The highest BCUT2D eigenvalue weighted by Gasteiger charge is 2.23. The van der Waals surface area contributed by atoms with Crippen LogP contribution in [0.5, 0.6) is 0 Å². The van der Waals surface area contributed by atoms with E-state index in [9.17, 15) is 4.39 Å². The molecule has 3 aromatic heterocycles. The molecule has 0 amide bonds. The normalized spacial score (nSPS) is 12.2. The SMILES string of the molecule is C[C@H](Sc1nnc(-c2ccccc2F)n1Cc1ccccc1)c1nc(-c2ccco2)no1. The summed E-state index contributed by atoms with van der Waals surface area (Å²) >= 11 is 1.41. The molecule has 0 aliphatic heterocycles. The average molecular weight is 447 g/mol. The van der Waals surface area contributed by atoms with Gasteiger partial charge in [0.2, 0.25) is 11.7 Å². The molecule has 160 valence electrons. The van der Waals surface area contributed by atoms with E-state index in [4.69, 9.17) is 8.94 Å². The van der Waals surface area contributed by atoms with Crippen LogP contribution in [0.1, 0.15) is 23.6 Å². The van der Waals surface area contributed by atoms with E-state index < -0.39 is 0 Å². The Balaban J connectivity index is 1.47. The molecule has 0 radical (unpaired) electrons. The molecular formula is C23H18FN5O2S. The Morgan fingerprint density at radius 3 is 2.59 bits per heavy atom. The minimum atomic E-state index is -0.348. The minimum Gasteiger partial charge on any atom is -0.461 e. The molecule has 0 aliphatic carbocycles. The molecule has 32 heavy (non-hydrogen) atoms. The molecule has 5 rings (SSSR count). The molecular weight excluding hydrogens is 429 g/mol. The van der Waals surface area contributed by atoms with Gasteiger partial charge in [0.1, 0.15) is 5.82 Å². The van der Waals surface area contributed by atoms with Gasteiger partial charge in [-0.15, -0.1) is 10.2 Å². The lowest BCUT2D eigenvalue weighted by atomic mass is 10.2. The van der Waals surface area contributed by atoms with Crippen molar-refractivity contribution in [2.75, 3.05) is 0 Å². The number of hydrogen-bond acceptors (Lipinski definition) is 7. The Hall–Kier alpha value is -3.72. The van der Waals surface area contributed by atoms with E-state index in [0.717, 1.165) is 5.56 Å². The van der Waals surface area contributed by atoms with Gasteiger partial charge in [0.15, 0.2) is 16.7 Å². The summed E-state index contributed by atoms with van der Waals surface area (Å²) in [6.45, 7) is 2.43. The summed E-state index contributed by atoms with van der Waals surface area (Å²) in [6, 6.07) is 20.0. The average Bonchev–Trinajstić information content (AvgIpc) is 3.57. The van der Waals surface area contributed by atoms with Crippen molar-refractivity contribution in [3.63, 3.8) is 0 Å². The number of benzene rings is 2. The fourth-order valence-electron chi connectivity index (χ4n) is 3.24. The second-order valence-electron chi connectivity index (χ2n) is 7.05. The molecule has 0 unspecified atom stereocenters. The van der Waals surface area contributed by atoms with Crippen LogP contribution in [0, 0.1) is 5.82 Å². The van der Waals surface area contributed by atoms with Crippen LogP contribution in [-0.2, 0) is 6.54 Å². The monoisotopic (exact) mass is 447 g/mol. The van der Waals surface area contributed by atoms with Crippen molar-refractivity contribution in [1.29, 1.82) is 0 Å². The Kier molecular flexibility index (Phi) is 5.55. The number of rotatable bonds is 7. The standard InChI is InChI=1S/C23H18FN5O2S/c1-15(22-25-20(28-31-22)19-12-7-13-30-19)32-23-27-26-21(17-10-5-6-11-18(17)24)29(23)14-16-8-3-2-4-9-16/h2-13,15H,14H2,1H3/t15-/m0/s1. The molecule has 0 saturated carbocycles. The summed E-state index contributed by atoms with van der Waals surface area (Å²) in [5.41, 5.74) is 1.45. The first-order chi connectivity index (χ1) is 15.7.